The van der Waals surface area contributed by atoms with Crippen molar-refractivity contribution in [3.05, 3.63) is 29.3 Å². The molecule has 0 radical (unpaired) electrons. The van der Waals surface area contributed by atoms with Gasteiger partial charge in [0.05, 0.1) is 26.4 Å². The van der Waals surface area contributed by atoms with E-state index in [0.29, 0.717) is 50.7 Å². The van der Waals surface area contributed by atoms with Crippen LogP contribution in [0.5, 0.6) is 5.75 Å². The number of nitrogens with two attached hydrogens (primary N) is 2. The summed E-state index contributed by atoms with van der Waals surface area (Å²) in [7, 11) is 0. The Labute approximate surface area is 167 Å². The second kappa shape index (κ2) is 9.40. The van der Waals surface area contributed by atoms with E-state index in [4.69, 9.17) is 37.4 Å². The normalized spacial score (nSPS) is 18.7. The molecule has 4 N–H and O–H groups in total. The highest BCUT2D eigenvalue weighted by molar-refractivity contribution is 8.93. The molecule has 0 aromatic heterocycles. The van der Waals surface area contributed by atoms with Crippen molar-refractivity contribution in [2.45, 2.75) is 24.9 Å². The molecule has 3 rings (SSSR count). The molecule has 0 atom stereocenters. The Morgan fingerprint density at radius 2 is 2.00 bits per heavy atom. The Hall–Kier alpha value is -1.55. The zero-order valence-electron chi connectivity index (χ0n) is 14.3. The first-order valence-electron chi connectivity index (χ1n) is 8.18. The predicted molar refractivity (Wildman–Crippen MR) is 106 cm³/mol. The number of hydroxylamine groups is 2. The molecule has 144 valence electrons. The van der Waals surface area contributed by atoms with Gasteiger partial charge in [-0.15, -0.1) is 17.0 Å². The van der Waals surface area contributed by atoms with Gasteiger partial charge >= 0.3 is 0 Å². The molecule has 0 unspecified atom stereocenters. The topological polar surface area (TPSA) is 108 Å². The van der Waals surface area contributed by atoms with Crippen LogP contribution < -0.4 is 16.2 Å². The highest BCUT2D eigenvalue weighted by Crippen LogP contribution is 2.31. The third kappa shape index (κ3) is 5.00. The van der Waals surface area contributed by atoms with E-state index in [1.165, 1.54) is 0 Å². The van der Waals surface area contributed by atoms with E-state index in [0.717, 1.165) is 5.75 Å². The second-order valence-corrected chi connectivity index (χ2v) is 6.26. The predicted octanol–water partition coefficient (Wildman–Crippen LogP) is 2.07. The highest BCUT2D eigenvalue weighted by Gasteiger charge is 2.43. The van der Waals surface area contributed by atoms with Gasteiger partial charge in [-0.25, -0.2) is 4.99 Å². The monoisotopic (exact) mass is 447 g/mol. The summed E-state index contributed by atoms with van der Waals surface area (Å²) in [6, 6.07) is 7.27. The number of ether oxygens (including phenoxy) is 2. The maximum absolute atomic E-state index is 6.00. The van der Waals surface area contributed by atoms with Gasteiger partial charge in [0.2, 0.25) is 11.9 Å². The van der Waals surface area contributed by atoms with Gasteiger partial charge in [0.1, 0.15) is 5.75 Å². The lowest BCUT2D eigenvalue weighted by Crippen LogP contribution is -2.59. The Morgan fingerprint density at radius 1 is 1.23 bits per heavy atom. The first-order chi connectivity index (χ1) is 12.1. The summed E-state index contributed by atoms with van der Waals surface area (Å²) in [5.41, 5.74) is 11.1. The number of aliphatic imine (C=N–C) groups is 2. The van der Waals surface area contributed by atoms with E-state index in [2.05, 4.69) is 9.98 Å². The van der Waals surface area contributed by atoms with Crippen molar-refractivity contribution in [2.75, 3.05) is 26.4 Å². The molecule has 1 spiro atoms. The maximum Gasteiger partial charge on any atom is 0.226 e. The van der Waals surface area contributed by atoms with Gasteiger partial charge in [0.25, 0.3) is 0 Å². The summed E-state index contributed by atoms with van der Waals surface area (Å²) in [6.07, 6.45) is 1.95. The number of benzene rings is 1. The number of guanidine groups is 2. The third-order valence-electron chi connectivity index (χ3n) is 4.01. The molecule has 0 amide bonds. The average Bonchev–Trinajstić information content (AvgIpc) is 2.57. The van der Waals surface area contributed by atoms with Crippen LogP contribution in [-0.2, 0) is 9.57 Å². The molecule has 0 saturated carbocycles. The number of nitrogens with zero attached hydrogens (tertiary/aromatic N) is 3. The molecule has 2 heterocycles. The van der Waals surface area contributed by atoms with Crippen molar-refractivity contribution < 1.29 is 14.3 Å². The van der Waals surface area contributed by atoms with Gasteiger partial charge in [-0.05, 0) is 18.2 Å². The third-order valence-corrected chi connectivity index (χ3v) is 4.24. The molecule has 1 fully saturated rings. The van der Waals surface area contributed by atoms with Crippen LogP contribution in [0.4, 0.5) is 0 Å². The fourth-order valence-electron chi connectivity index (χ4n) is 2.82. The van der Waals surface area contributed by atoms with Crippen LogP contribution in [0.25, 0.3) is 0 Å². The summed E-state index contributed by atoms with van der Waals surface area (Å²) in [6.45, 7) is 2.05. The Balaban J connectivity index is 0.00000243. The number of hydrogen-bond acceptors (Lipinski definition) is 8. The molecule has 0 bridgehead atoms. The Kier molecular flexibility index (Phi) is 7.51. The van der Waals surface area contributed by atoms with Crippen LogP contribution in [0.1, 0.15) is 19.3 Å². The number of halogens is 2. The van der Waals surface area contributed by atoms with E-state index in [1.54, 1.807) is 17.2 Å². The van der Waals surface area contributed by atoms with Gasteiger partial charge in [-0.2, -0.15) is 10.1 Å². The quantitative estimate of drug-likeness (QED) is 0.645. The van der Waals surface area contributed by atoms with Crippen LogP contribution in [0.15, 0.2) is 34.3 Å². The summed E-state index contributed by atoms with van der Waals surface area (Å²) in [5, 5.41) is 2.20. The first-order valence-corrected chi connectivity index (χ1v) is 8.56. The lowest BCUT2D eigenvalue weighted by Gasteiger charge is -2.43. The molecular formula is C16H23BrClN5O3. The molecule has 1 saturated heterocycles. The van der Waals surface area contributed by atoms with Crippen molar-refractivity contribution in [2.24, 2.45) is 21.5 Å². The minimum atomic E-state index is -0.637. The van der Waals surface area contributed by atoms with Crippen LogP contribution >= 0.6 is 28.6 Å². The maximum atomic E-state index is 6.00. The fourth-order valence-corrected chi connectivity index (χ4v) is 3.00. The molecule has 2 aliphatic rings. The van der Waals surface area contributed by atoms with E-state index < -0.39 is 5.66 Å². The zero-order chi connectivity index (χ0) is 17.7. The number of hydrogen-bond donors (Lipinski definition) is 2. The van der Waals surface area contributed by atoms with E-state index in [9.17, 15) is 0 Å². The van der Waals surface area contributed by atoms with E-state index in [1.807, 2.05) is 12.1 Å². The van der Waals surface area contributed by atoms with Gasteiger partial charge in [-0.3, -0.25) is 4.84 Å². The molecule has 1 aromatic rings. The summed E-state index contributed by atoms with van der Waals surface area (Å²) >= 11 is 5.93. The van der Waals surface area contributed by atoms with E-state index in [-0.39, 0.29) is 28.9 Å². The van der Waals surface area contributed by atoms with Crippen LogP contribution in [-0.4, -0.2) is 49.1 Å². The van der Waals surface area contributed by atoms with E-state index >= 15 is 0 Å². The summed E-state index contributed by atoms with van der Waals surface area (Å²) in [5.74, 6) is 1.11. The van der Waals surface area contributed by atoms with Gasteiger partial charge in [0, 0.05) is 24.3 Å². The molecule has 0 aliphatic carbocycles. The Morgan fingerprint density at radius 3 is 2.73 bits per heavy atom. The first kappa shape index (κ1) is 20.8. The SMILES string of the molecule is Br.NC1=NC2(CCOCC2)N(OCCCOc2cccc(Cl)c2)C(N)=N1. The fraction of sp³-hybridized carbons (Fsp3) is 0.500. The van der Waals surface area contributed by atoms with Crippen molar-refractivity contribution in [1.29, 1.82) is 0 Å². The lowest BCUT2D eigenvalue weighted by atomic mass is 10.0. The molecule has 26 heavy (non-hydrogen) atoms. The van der Waals surface area contributed by atoms with Crippen molar-refractivity contribution in [3.63, 3.8) is 0 Å². The van der Waals surface area contributed by atoms with Gasteiger partial charge < -0.3 is 20.9 Å². The minimum absolute atomic E-state index is 0. The van der Waals surface area contributed by atoms with Crippen molar-refractivity contribution in [3.8, 4) is 5.75 Å². The molecule has 10 heteroatoms. The summed E-state index contributed by atoms with van der Waals surface area (Å²) < 4.78 is 11.1. The average molecular weight is 449 g/mol. The van der Waals surface area contributed by atoms with Crippen molar-refractivity contribution >= 4 is 40.5 Å². The van der Waals surface area contributed by atoms with Gasteiger partial charge in [0.15, 0.2) is 5.66 Å². The second-order valence-electron chi connectivity index (χ2n) is 5.82. The summed E-state index contributed by atoms with van der Waals surface area (Å²) in [4.78, 5) is 14.3. The van der Waals surface area contributed by atoms with Crippen molar-refractivity contribution in [1.82, 2.24) is 5.06 Å². The highest BCUT2D eigenvalue weighted by atomic mass is 79.9. The van der Waals surface area contributed by atoms with Crippen LogP contribution in [0.2, 0.25) is 5.02 Å². The zero-order valence-corrected chi connectivity index (χ0v) is 16.7. The molecule has 2 aliphatic heterocycles. The van der Waals surface area contributed by atoms with Gasteiger partial charge in [-0.1, -0.05) is 17.7 Å². The minimum Gasteiger partial charge on any atom is -0.493 e. The smallest absolute Gasteiger partial charge is 0.226 e. The molecule has 8 nitrogen and oxygen atoms in total. The molecular weight excluding hydrogens is 426 g/mol. The Bertz CT molecular complexity index is 667. The lowest BCUT2D eigenvalue weighted by molar-refractivity contribution is -0.190. The number of rotatable bonds is 6. The largest absolute Gasteiger partial charge is 0.493 e. The molecule has 1 aromatic carbocycles. The van der Waals surface area contributed by atoms with Crippen LogP contribution in [0, 0.1) is 0 Å². The van der Waals surface area contributed by atoms with Crippen LogP contribution in [0.3, 0.4) is 0 Å². The standard InChI is InChI=1S/C16H22ClN5O3.BrH/c17-12-3-1-4-13(11-12)24-7-2-8-25-22-15(19)20-14(18)21-16(22)5-9-23-10-6-16;/h1,3-4,11H,2,5-10H2,(H4,18,19,20,21);1H.